The van der Waals surface area contributed by atoms with Crippen LogP contribution in [0.15, 0.2) is 36.4 Å². The molecule has 0 bridgehead atoms. The van der Waals surface area contributed by atoms with Crippen molar-refractivity contribution in [3.8, 4) is 11.4 Å². The quantitative estimate of drug-likeness (QED) is 0.725. The van der Waals surface area contributed by atoms with E-state index in [1.54, 1.807) is 18.2 Å². The summed E-state index contributed by atoms with van der Waals surface area (Å²) in [5.74, 6) is 0.491. The van der Waals surface area contributed by atoms with Crippen molar-refractivity contribution in [2.75, 3.05) is 5.73 Å². The van der Waals surface area contributed by atoms with Gasteiger partial charge in [-0.1, -0.05) is 18.5 Å². The number of aryl methyl sites for hydroxylation is 1. The third kappa shape index (κ3) is 2.47. The van der Waals surface area contributed by atoms with Crippen molar-refractivity contribution in [1.82, 2.24) is 9.55 Å². The summed E-state index contributed by atoms with van der Waals surface area (Å²) in [5.41, 5.74) is 8.72. The Morgan fingerprint density at radius 3 is 2.76 bits per heavy atom. The maximum atomic E-state index is 13.4. The number of imidazole rings is 1. The number of hydrogen-bond donors (Lipinski definition) is 1. The molecule has 0 aliphatic rings. The highest BCUT2D eigenvalue weighted by atomic mass is 35.5. The Kier molecular flexibility index (Phi) is 3.55. The van der Waals surface area contributed by atoms with E-state index < -0.39 is 0 Å². The Balaban J connectivity index is 2.24. The minimum absolute atomic E-state index is 0.287. The number of hydrogen-bond acceptors (Lipinski definition) is 2. The zero-order valence-corrected chi connectivity index (χ0v) is 12.4. The van der Waals surface area contributed by atoms with Gasteiger partial charge in [0.1, 0.15) is 11.6 Å². The molecule has 1 heterocycles. The van der Waals surface area contributed by atoms with Gasteiger partial charge in [0.2, 0.25) is 0 Å². The maximum Gasteiger partial charge on any atom is 0.141 e. The first-order valence-electron chi connectivity index (χ1n) is 6.81. The molecule has 0 fully saturated rings. The SMILES string of the molecule is CCCn1c(-c2ccc(N)c(Cl)c2)nc2cc(F)ccc21. The fourth-order valence-corrected chi connectivity index (χ4v) is 2.62. The molecular weight excluding hydrogens is 289 g/mol. The largest absolute Gasteiger partial charge is 0.398 e. The van der Waals surface area contributed by atoms with E-state index in [4.69, 9.17) is 17.3 Å². The molecule has 21 heavy (non-hydrogen) atoms. The van der Waals surface area contributed by atoms with E-state index in [2.05, 4.69) is 16.5 Å². The van der Waals surface area contributed by atoms with Gasteiger partial charge in [-0.2, -0.15) is 0 Å². The summed E-state index contributed by atoms with van der Waals surface area (Å²) in [5, 5.41) is 0.494. The van der Waals surface area contributed by atoms with Crippen LogP contribution in [0.2, 0.25) is 5.02 Å². The Labute approximate surface area is 127 Å². The third-order valence-electron chi connectivity index (χ3n) is 3.42. The molecular formula is C16H15ClFN3. The topological polar surface area (TPSA) is 43.8 Å². The van der Waals surface area contributed by atoms with Crippen LogP contribution in [0.5, 0.6) is 0 Å². The first kappa shape index (κ1) is 13.9. The molecule has 2 aromatic carbocycles. The van der Waals surface area contributed by atoms with Gasteiger partial charge in [0.15, 0.2) is 0 Å². The van der Waals surface area contributed by atoms with E-state index in [9.17, 15) is 4.39 Å². The summed E-state index contributed by atoms with van der Waals surface area (Å²) < 4.78 is 15.5. The van der Waals surface area contributed by atoms with Crippen LogP contribution < -0.4 is 5.73 Å². The molecule has 3 aromatic rings. The molecule has 0 aliphatic carbocycles. The minimum Gasteiger partial charge on any atom is -0.398 e. The van der Waals surface area contributed by atoms with Crippen molar-refractivity contribution in [2.45, 2.75) is 19.9 Å². The van der Waals surface area contributed by atoms with Crippen LogP contribution in [-0.2, 0) is 6.54 Å². The summed E-state index contributed by atoms with van der Waals surface area (Å²) in [6, 6.07) is 10.1. The van der Waals surface area contributed by atoms with Crippen LogP contribution in [-0.4, -0.2) is 9.55 Å². The van der Waals surface area contributed by atoms with Crippen LogP contribution in [0.1, 0.15) is 13.3 Å². The Hall–Kier alpha value is -2.07. The average molecular weight is 304 g/mol. The summed E-state index contributed by atoms with van der Waals surface area (Å²) in [6.07, 6.45) is 0.957. The molecule has 3 nitrogen and oxygen atoms in total. The predicted octanol–water partition coefficient (Wildman–Crippen LogP) is 4.49. The number of rotatable bonds is 3. The van der Waals surface area contributed by atoms with E-state index in [-0.39, 0.29) is 5.82 Å². The molecule has 0 radical (unpaired) electrons. The van der Waals surface area contributed by atoms with Crippen LogP contribution in [0, 0.1) is 5.82 Å². The number of nitrogens with zero attached hydrogens (tertiary/aromatic N) is 2. The lowest BCUT2D eigenvalue weighted by molar-refractivity contribution is 0.629. The Morgan fingerprint density at radius 2 is 2.05 bits per heavy atom. The van der Waals surface area contributed by atoms with Gasteiger partial charge in [-0.25, -0.2) is 9.37 Å². The Morgan fingerprint density at radius 1 is 1.24 bits per heavy atom. The lowest BCUT2D eigenvalue weighted by Gasteiger charge is -2.08. The second-order valence-corrected chi connectivity index (χ2v) is 5.36. The fourth-order valence-electron chi connectivity index (χ4n) is 2.44. The highest BCUT2D eigenvalue weighted by Gasteiger charge is 2.13. The molecule has 0 saturated carbocycles. The predicted molar refractivity (Wildman–Crippen MR) is 84.8 cm³/mol. The van der Waals surface area contributed by atoms with Gasteiger partial charge in [-0.15, -0.1) is 0 Å². The number of halogens is 2. The van der Waals surface area contributed by atoms with Gasteiger partial charge in [0.05, 0.1) is 21.7 Å². The molecule has 0 spiro atoms. The number of benzene rings is 2. The first-order valence-corrected chi connectivity index (χ1v) is 7.19. The molecule has 0 atom stereocenters. The summed E-state index contributed by atoms with van der Waals surface area (Å²) in [6.45, 7) is 2.90. The first-order chi connectivity index (χ1) is 10.1. The van der Waals surface area contributed by atoms with Crippen molar-refractivity contribution < 1.29 is 4.39 Å². The molecule has 108 valence electrons. The average Bonchev–Trinajstić information content (AvgIpc) is 2.80. The number of aromatic nitrogens is 2. The van der Waals surface area contributed by atoms with Gasteiger partial charge in [-0.3, -0.25) is 0 Å². The minimum atomic E-state index is -0.287. The van der Waals surface area contributed by atoms with Crippen molar-refractivity contribution >= 4 is 28.3 Å². The van der Waals surface area contributed by atoms with E-state index in [1.807, 2.05) is 6.07 Å². The zero-order valence-electron chi connectivity index (χ0n) is 11.6. The zero-order chi connectivity index (χ0) is 15.0. The molecule has 2 N–H and O–H groups in total. The number of anilines is 1. The van der Waals surface area contributed by atoms with Crippen LogP contribution in [0.4, 0.5) is 10.1 Å². The maximum absolute atomic E-state index is 13.4. The second kappa shape index (κ2) is 5.37. The van der Waals surface area contributed by atoms with Crippen molar-refractivity contribution in [1.29, 1.82) is 0 Å². The normalized spacial score (nSPS) is 11.2. The molecule has 1 aromatic heterocycles. The van der Waals surface area contributed by atoms with Crippen LogP contribution in [0.25, 0.3) is 22.4 Å². The van der Waals surface area contributed by atoms with Gasteiger partial charge >= 0.3 is 0 Å². The van der Waals surface area contributed by atoms with E-state index in [0.29, 0.717) is 16.2 Å². The number of nitrogen functional groups attached to an aromatic ring is 1. The number of nitrogens with two attached hydrogens (primary N) is 1. The number of fused-ring (bicyclic) bond motifs is 1. The van der Waals surface area contributed by atoms with Gasteiger partial charge in [-0.05, 0) is 36.8 Å². The van der Waals surface area contributed by atoms with Crippen molar-refractivity contribution in [3.05, 3.63) is 47.2 Å². The molecule has 5 heteroatoms. The van der Waals surface area contributed by atoms with Crippen LogP contribution >= 0.6 is 11.6 Å². The summed E-state index contributed by atoms with van der Waals surface area (Å²) >= 11 is 6.10. The molecule has 0 unspecified atom stereocenters. The lowest BCUT2D eigenvalue weighted by atomic mass is 10.2. The van der Waals surface area contributed by atoms with Crippen LogP contribution in [0.3, 0.4) is 0 Å². The fraction of sp³-hybridized carbons (Fsp3) is 0.188. The summed E-state index contributed by atoms with van der Waals surface area (Å²) in [7, 11) is 0. The second-order valence-electron chi connectivity index (χ2n) is 4.96. The monoisotopic (exact) mass is 303 g/mol. The molecule has 0 aliphatic heterocycles. The molecule has 0 amide bonds. The third-order valence-corrected chi connectivity index (χ3v) is 3.74. The van der Waals surface area contributed by atoms with E-state index in [1.165, 1.54) is 12.1 Å². The molecule has 3 rings (SSSR count). The summed E-state index contributed by atoms with van der Waals surface area (Å²) in [4.78, 5) is 4.56. The van der Waals surface area contributed by atoms with E-state index in [0.717, 1.165) is 29.9 Å². The standard InChI is InChI=1S/C16H15ClFN3/c1-2-7-21-15-6-4-11(18)9-14(15)20-16(21)10-3-5-13(19)12(17)8-10/h3-6,8-9H,2,7,19H2,1H3. The lowest BCUT2D eigenvalue weighted by Crippen LogP contribution is -2.00. The van der Waals surface area contributed by atoms with Crippen molar-refractivity contribution in [3.63, 3.8) is 0 Å². The van der Waals surface area contributed by atoms with Crippen molar-refractivity contribution in [2.24, 2.45) is 0 Å². The highest BCUT2D eigenvalue weighted by molar-refractivity contribution is 6.33. The van der Waals surface area contributed by atoms with Gasteiger partial charge in [0, 0.05) is 18.2 Å². The molecule has 0 saturated heterocycles. The smallest absolute Gasteiger partial charge is 0.141 e. The van der Waals surface area contributed by atoms with E-state index >= 15 is 0 Å². The van der Waals surface area contributed by atoms with Gasteiger partial charge < -0.3 is 10.3 Å². The Bertz CT molecular complexity index is 811. The highest BCUT2D eigenvalue weighted by Crippen LogP contribution is 2.29. The van der Waals surface area contributed by atoms with Gasteiger partial charge in [0.25, 0.3) is 0 Å².